The van der Waals surface area contributed by atoms with Gasteiger partial charge in [0.15, 0.2) is 11.3 Å². The van der Waals surface area contributed by atoms with Crippen LogP contribution in [0.15, 0.2) is 29.3 Å². The van der Waals surface area contributed by atoms with Crippen molar-refractivity contribution in [2.75, 3.05) is 0 Å². The Labute approximate surface area is 126 Å². The number of rotatable bonds is 2. The largest absolute Gasteiger partial charge is 0.435 e. The van der Waals surface area contributed by atoms with Gasteiger partial charge in [-0.15, -0.1) is 5.10 Å². The molecular weight excluding hydrogens is 323 g/mol. The van der Waals surface area contributed by atoms with Crippen LogP contribution in [-0.4, -0.2) is 24.0 Å². The minimum atomic E-state index is -4.60. The van der Waals surface area contributed by atoms with Crippen LogP contribution < -0.4 is 5.69 Å². The second kappa shape index (κ2) is 4.87. The number of aryl methyl sites for hydroxylation is 1. The molecule has 0 saturated carbocycles. The summed E-state index contributed by atoms with van der Waals surface area (Å²) in [6.07, 6.45) is -1.95. The van der Waals surface area contributed by atoms with E-state index in [4.69, 9.17) is 11.6 Å². The zero-order valence-corrected chi connectivity index (χ0v) is 11.9. The molecule has 10 heteroatoms. The van der Waals surface area contributed by atoms with E-state index >= 15 is 0 Å². The highest BCUT2D eigenvalue weighted by atomic mass is 35.5. The van der Waals surface area contributed by atoms with Gasteiger partial charge in [-0.1, -0.05) is 11.6 Å². The van der Waals surface area contributed by atoms with E-state index in [1.165, 1.54) is 23.8 Å². The Morgan fingerprint density at radius 2 is 2.05 bits per heavy atom. The number of alkyl halides is 3. The molecule has 0 aliphatic carbocycles. The second-order valence-corrected chi connectivity index (χ2v) is 5.07. The Hall–Kier alpha value is -2.29. The molecule has 0 bridgehead atoms. The number of aromatic nitrogens is 5. The first-order chi connectivity index (χ1) is 10.3. The van der Waals surface area contributed by atoms with Gasteiger partial charge in [0.05, 0.1) is 11.6 Å². The molecule has 0 atom stereocenters. The Kier molecular flexibility index (Phi) is 3.24. The van der Waals surface area contributed by atoms with Crippen LogP contribution in [0.2, 0.25) is 5.02 Å². The summed E-state index contributed by atoms with van der Waals surface area (Å²) in [5.41, 5.74) is -1.57. The predicted octanol–water partition coefficient (Wildman–Crippen LogP) is 1.95. The fourth-order valence-electron chi connectivity index (χ4n) is 2.16. The first-order valence-corrected chi connectivity index (χ1v) is 6.48. The summed E-state index contributed by atoms with van der Waals surface area (Å²) in [6.45, 7) is -0.348. The van der Waals surface area contributed by atoms with Crippen molar-refractivity contribution in [1.29, 1.82) is 0 Å². The van der Waals surface area contributed by atoms with Crippen LogP contribution >= 0.6 is 11.6 Å². The summed E-state index contributed by atoms with van der Waals surface area (Å²) in [7, 11) is 1.38. The van der Waals surface area contributed by atoms with Gasteiger partial charge >= 0.3 is 11.9 Å². The normalized spacial score (nSPS) is 12.2. The highest BCUT2D eigenvalue weighted by Crippen LogP contribution is 2.30. The van der Waals surface area contributed by atoms with Gasteiger partial charge in [0.2, 0.25) is 0 Å². The van der Waals surface area contributed by atoms with Gasteiger partial charge in [-0.2, -0.15) is 18.3 Å². The van der Waals surface area contributed by atoms with Crippen LogP contribution in [0.25, 0.3) is 5.65 Å². The third-order valence-corrected chi connectivity index (χ3v) is 3.35. The third-order valence-electron chi connectivity index (χ3n) is 3.06. The van der Waals surface area contributed by atoms with Crippen molar-refractivity contribution >= 4 is 17.2 Å². The molecule has 3 heterocycles. The maximum Gasteiger partial charge on any atom is 0.435 e. The van der Waals surface area contributed by atoms with Gasteiger partial charge in [0, 0.05) is 25.0 Å². The van der Waals surface area contributed by atoms with Gasteiger partial charge in [-0.3, -0.25) is 4.68 Å². The fraction of sp³-hybridized carbons (Fsp3) is 0.250. The quantitative estimate of drug-likeness (QED) is 0.721. The minimum absolute atomic E-state index is 0.142. The molecule has 3 aromatic rings. The van der Waals surface area contributed by atoms with E-state index in [9.17, 15) is 18.0 Å². The lowest BCUT2D eigenvalue weighted by Crippen LogP contribution is -2.22. The summed E-state index contributed by atoms with van der Waals surface area (Å²) in [4.78, 5) is 12.1. The number of halogens is 4. The predicted molar refractivity (Wildman–Crippen MR) is 71.8 cm³/mol. The van der Waals surface area contributed by atoms with Crippen molar-refractivity contribution in [2.45, 2.75) is 12.7 Å². The summed E-state index contributed by atoms with van der Waals surface area (Å²) < 4.78 is 41.9. The minimum Gasteiger partial charge on any atom is -0.275 e. The molecule has 22 heavy (non-hydrogen) atoms. The summed E-state index contributed by atoms with van der Waals surface area (Å²) >= 11 is 5.92. The molecule has 3 aromatic heterocycles. The van der Waals surface area contributed by atoms with Crippen LogP contribution in [0.3, 0.4) is 0 Å². The molecule has 0 aliphatic rings. The van der Waals surface area contributed by atoms with Gasteiger partial charge < -0.3 is 0 Å². The van der Waals surface area contributed by atoms with Crippen molar-refractivity contribution in [3.05, 3.63) is 51.3 Å². The number of fused-ring (bicyclic) bond motifs is 1. The summed E-state index contributed by atoms with van der Waals surface area (Å²) in [6, 6.07) is 3.09. The van der Waals surface area contributed by atoms with E-state index in [0.29, 0.717) is 0 Å². The molecule has 0 spiro atoms. The van der Waals surface area contributed by atoms with E-state index in [2.05, 4.69) is 10.2 Å². The molecule has 0 radical (unpaired) electrons. The van der Waals surface area contributed by atoms with E-state index in [1.807, 2.05) is 0 Å². The molecule has 0 aliphatic heterocycles. The Morgan fingerprint density at radius 1 is 1.32 bits per heavy atom. The monoisotopic (exact) mass is 331 g/mol. The van der Waals surface area contributed by atoms with Gasteiger partial charge in [0.25, 0.3) is 0 Å². The SMILES string of the molecule is Cn1cc(Cn2nc3c(Cl)cccn3c2=O)c(C(F)(F)F)n1. The van der Waals surface area contributed by atoms with E-state index in [-0.39, 0.29) is 22.8 Å². The Morgan fingerprint density at radius 3 is 2.68 bits per heavy atom. The average Bonchev–Trinajstić information content (AvgIpc) is 2.94. The average molecular weight is 332 g/mol. The standard InChI is InChI=1S/C12H9ClF3N5O/c1-19-5-7(9(17-19)12(14,15)16)6-21-11(22)20-4-2-3-8(13)10(20)18-21/h2-5H,6H2,1H3. The number of nitrogens with zero attached hydrogens (tertiary/aromatic N) is 5. The van der Waals surface area contributed by atoms with E-state index < -0.39 is 17.6 Å². The topological polar surface area (TPSA) is 57.1 Å². The summed E-state index contributed by atoms with van der Waals surface area (Å²) in [5, 5.41) is 7.60. The first-order valence-electron chi connectivity index (χ1n) is 6.11. The Bertz CT molecular complexity index is 908. The zero-order chi connectivity index (χ0) is 16.1. The van der Waals surface area contributed by atoms with Crippen LogP contribution in [0.1, 0.15) is 11.3 Å². The molecule has 6 nitrogen and oxygen atoms in total. The second-order valence-electron chi connectivity index (χ2n) is 4.66. The number of pyridine rings is 1. The molecular formula is C12H9ClF3N5O. The lowest BCUT2D eigenvalue weighted by atomic mass is 10.2. The molecule has 0 fully saturated rings. The van der Waals surface area contributed by atoms with Crippen molar-refractivity contribution < 1.29 is 13.2 Å². The van der Waals surface area contributed by atoms with Crippen molar-refractivity contribution in [1.82, 2.24) is 24.0 Å². The lowest BCUT2D eigenvalue weighted by molar-refractivity contribution is -0.142. The molecule has 3 rings (SSSR count). The molecule has 0 aromatic carbocycles. The zero-order valence-electron chi connectivity index (χ0n) is 11.2. The maximum atomic E-state index is 12.9. The molecule has 116 valence electrons. The Balaban J connectivity index is 2.10. The van der Waals surface area contributed by atoms with Gasteiger partial charge in [0.1, 0.15) is 0 Å². The highest BCUT2D eigenvalue weighted by molar-refractivity contribution is 6.33. The van der Waals surface area contributed by atoms with Crippen LogP contribution in [0.5, 0.6) is 0 Å². The van der Waals surface area contributed by atoms with E-state index in [1.54, 1.807) is 12.1 Å². The number of hydrogen-bond acceptors (Lipinski definition) is 3. The molecule has 0 amide bonds. The summed E-state index contributed by atoms with van der Waals surface area (Å²) in [5.74, 6) is 0. The van der Waals surface area contributed by atoms with Crippen molar-refractivity contribution in [2.24, 2.45) is 7.05 Å². The molecule has 0 saturated heterocycles. The van der Waals surface area contributed by atoms with Crippen molar-refractivity contribution in [3.8, 4) is 0 Å². The number of hydrogen-bond donors (Lipinski definition) is 0. The van der Waals surface area contributed by atoms with Crippen molar-refractivity contribution in [3.63, 3.8) is 0 Å². The van der Waals surface area contributed by atoms with Crippen LogP contribution in [0, 0.1) is 0 Å². The molecule has 0 N–H and O–H groups in total. The first kappa shape index (κ1) is 14.6. The van der Waals surface area contributed by atoms with Crippen LogP contribution in [-0.2, 0) is 19.8 Å². The third kappa shape index (κ3) is 2.37. The lowest BCUT2D eigenvalue weighted by Gasteiger charge is -2.05. The highest BCUT2D eigenvalue weighted by Gasteiger charge is 2.37. The van der Waals surface area contributed by atoms with E-state index in [0.717, 1.165) is 9.36 Å². The smallest absolute Gasteiger partial charge is 0.275 e. The fourth-order valence-corrected chi connectivity index (χ4v) is 2.36. The van der Waals surface area contributed by atoms with Crippen LogP contribution in [0.4, 0.5) is 13.2 Å². The molecule has 0 unspecified atom stereocenters. The maximum absolute atomic E-state index is 12.9. The van der Waals surface area contributed by atoms with Gasteiger partial charge in [-0.25, -0.2) is 13.9 Å². The van der Waals surface area contributed by atoms with Gasteiger partial charge in [-0.05, 0) is 12.1 Å².